The molecule has 8 heteroatoms. The number of benzene rings is 1. The average Bonchev–Trinajstić information content (AvgIpc) is 3.00. The van der Waals surface area contributed by atoms with Crippen molar-refractivity contribution in [1.82, 2.24) is 24.9 Å². The minimum Gasteiger partial charge on any atom is -0.347 e. The number of anilines is 1. The van der Waals surface area contributed by atoms with E-state index in [2.05, 4.69) is 25.7 Å². The maximum Gasteiger partial charge on any atom is 0.295 e. The Hall–Kier alpha value is -3.29. The first-order valence-electron chi connectivity index (χ1n) is 8.15. The summed E-state index contributed by atoms with van der Waals surface area (Å²) in [5.41, 5.74) is 1.58. The van der Waals surface area contributed by atoms with Gasteiger partial charge in [-0.25, -0.2) is 9.50 Å². The lowest BCUT2D eigenvalue weighted by Crippen LogP contribution is -2.40. The Labute approximate surface area is 150 Å². The number of rotatable bonds is 3. The summed E-state index contributed by atoms with van der Waals surface area (Å²) in [5.74, 6) is -0.216. The highest BCUT2D eigenvalue weighted by molar-refractivity contribution is 6.02. The van der Waals surface area contributed by atoms with Gasteiger partial charge in [0.15, 0.2) is 0 Å². The molecule has 0 unspecified atom stereocenters. The average molecular weight is 352 g/mol. The molecule has 2 heterocycles. The maximum absolute atomic E-state index is 12.3. The second-order valence-corrected chi connectivity index (χ2v) is 6.97. The Morgan fingerprint density at radius 1 is 1.04 bits per heavy atom. The fourth-order valence-corrected chi connectivity index (χ4v) is 2.31. The van der Waals surface area contributed by atoms with Crippen LogP contribution in [0, 0.1) is 6.92 Å². The van der Waals surface area contributed by atoms with E-state index in [4.69, 9.17) is 0 Å². The molecule has 0 saturated carbocycles. The van der Waals surface area contributed by atoms with E-state index in [-0.39, 0.29) is 17.3 Å². The molecule has 2 aromatic heterocycles. The van der Waals surface area contributed by atoms with Crippen molar-refractivity contribution in [3.8, 4) is 0 Å². The molecule has 0 atom stereocenters. The summed E-state index contributed by atoms with van der Waals surface area (Å²) < 4.78 is 1.51. The monoisotopic (exact) mass is 352 g/mol. The summed E-state index contributed by atoms with van der Waals surface area (Å²) in [6.45, 7) is 7.60. The van der Waals surface area contributed by atoms with Crippen molar-refractivity contribution in [3.05, 3.63) is 53.6 Å². The number of amides is 2. The van der Waals surface area contributed by atoms with Crippen molar-refractivity contribution in [1.29, 1.82) is 0 Å². The van der Waals surface area contributed by atoms with Gasteiger partial charge < -0.3 is 10.6 Å². The smallest absolute Gasteiger partial charge is 0.295 e. The van der Waals surface area contributed by atoms with E-state index < -0.39 is 5.91 Å². The second kappa shape index (κ2) is 6.55. The molecule has 0 fully saturated rings. The number of hydrogen-bond acceptors (Lipinski definition) is 5. The fourth-order valence-electron chi connectivity index (χ4n) is 2.31. The summed E-state index contributed by atoms with van der Waals surface area (Å²) in [6.07, 6.45) is 1.61. The molecule has 0 bridgehead atoms. The third-order valence-corrected chi connectivity index (χ3v) is 3.53. The summed E-state index contributed by atoms with van der Waals surface area (Å²) in [7, 11) is 0. The van der Waals surface area contributed by atoms with Crippen molar-refractivity contribution in [2.75, 3.05) is 5.32 Å². The van der Waals surface area contributed by atoms with Crippen LogP contribution in [-0.4, -0.2) is 36.9 Å². The van der Waals surface area contributed by atoms with Crippen LogP contribution in [0.4, 0.5) is 5.69 Å². The minimum absolute atomic E-state index is 0.0290. The topological polar surface area (TPSA) is 101 Å². The van der Waals surface area contributed by atoms with Gasteiger partial charge in [0.2, 0.25) is 5.82 Å². The number of carbonyl (C=O) groups is 2. The highest BCUT2D eigenvalue weighted by Gasteiger charge is 2.17. The maximum atomic E-state index is 12.3. The van der Waals surface area contributed by atoms with Gasteiger partial charge in [0.05, 0.1) is 0 Å². The molecule has 3 rings (SSSR count). The van der Waals surface area contributed by atoms with Crippen LogP contribution in [0.5, 0.6) is 0 Å². The molecule has 2 amide bonds. The van der Waals surface area contributed by atoms with Gasteiger partial charge in [0.1, 0.15) is 0 Å². The number of aryl methyl sites for hydroxylation is 1. The Balaban J connectivity index is 1.73. The molecule has 134 valence electrons. The van der Waals surface area contributed by atoms with E-state index in [1.165, 1.54) is 4.52 Å². The van der Waals surface area contributed by atoms with Crippen LogP contribution in [0.2, 0.25) is 0 Å². The van der Waals surface area contributed by atoms with Crippen LogP contribution in [0.25, 0.3) is 5.78 Å². The molecule has 3 aromatic rings. The molecule has 26 heavy (non-hydrogen) atoms. The first-order valence-corrected chi connectivity index (χ1v) is 8.15. The first-order chi connectivity index (χ1) is 12.2. The predicted octanol–water partition coefficient (Wildman–Crippen LogP) is 2.21. The van der Waals surface area contributed by atoms with Gasteiger partial charge in [-0.15, -0.1) is 5.10 Å². The Bertz CT molecular complexity index is 970. The Morgan fingerprint density at radius 2 is 1.73 bits per heavy atom. The highest BCUT2D eigenvalue weighted by Crippen LogP contribution is 2.12. The molecule has 2 N–H and O–H groups in total. The lowest BCUT2D eigenvalue weighted by atomic mass is 10.1. The van der Waals surface area contributed by atoms with E-state index in [1.807, 2.05) is 27.7 Å². The van der Waals surface area contributed by atoms with E-state index in [9.17, 15) is 9.59 Å². The standard InChI is InChI=1S/C18H20N6O2/c1-11-9-10-19-17-21-14(23-24(11)17)16(26)20-13-7-5-12(6-8-13)15(25)22-18(2,3)4/h5-10H,1-4H3,(H,20,26)(H,22,25). The zero-order chi connectivity index (χ0) is 18.9. The van der Waals surface area contributed by atoms with Crippen LogP contribution < -0.4 is 10.6 Å². The highest BCUT2D eigenvalue weighted by atomic mass is 16.2. The molecule has 0 saturated heterocycles. The number of fused-ring (bicyclic) bond motifs is 1. The number of nitrogens with one attached hydrogen (secondary N) is 2. The van der Waals surface area contributed by atoms with E-state index in [0.717, 1.165) is 5.69 Å². The summed E-state index contributed by atoms with van der Waals surface area (Å²) in [6, 6.07) is 8.41. The molecule has 1 aromatic carbocycles. The Kier molecular flexibility index (Phi) is 4.41. The van der Waals surface area contributed by atoms with Gasteiger partial charge in [-0.2, -0.15) is 4.98 Å². The van der Waals surface area contributed by atoms with E-state index in [0.29, 0.717) is 17.0 Å². The zero-order valence-electron chi connectivity index (χ0n) is 15.1. The van der Waals surface area contributed by atoms with Crippen LogP contribution in [0.1, 0.15) is 47.4 Å². The fraction of sp³-hybridized carbons (Fsp3) is 0.278. The van der Waals surface area contributed by atoms with Gasteiger partial charge in [-0.3, -0.25) is 9.59 Å². The second-order valence-electron chi connectivity index (χ2n) is 6.97. The quantitative estimate of drug-likeness (QED) is 0.752. The summed E-state index contributed by atoms with van der Waals surface area (Å²) in [5, 5.41) is 9.76. The zero-order valence-corrected chi connectivity index (χ0v) is 15.1. The lowest BCUT2D eigenvalue weighted by Gasteiger charge is -2.20. The van der Waals surface area contributed by atoms with E-state index in [1.54, 1.807) is 36.5 Å². The Morgan fingerprint density at radius 3 is 2.35 bits per heavy atom. The number of hydrogen-bond donors (Lipinski definition) is 2. The van der Waals surface area contributed by atoms with Gasteiger partial charge in [0, 0.05) is 28.7 Å². The lowest BCUT2D eigenvalue weighted by molar-refractivity contribution is 0.0919. The van der Waals surface area contributed by atoms with Gasteiger partial charge in [0.25, 0.3) is 17.6 Å². The largest absolute Gasteiger partial charge is 0.347 e. The molecule has 0 aliphatic rings. The first kappa shape index (κ1) is 17.5. The van der Waals surface area contributed by atoms with Crippen LogP contribution >= 0.6 is 0 Å². The normalized spacial score (nSPS) is 11.4. The third kappa shape index (κ3) is 3.85. The van der Waals surface area contributed by atoms with Gasteiger partial charge in [-0.1, -0.05) is 0 Å². The molecular formula is C18H20N6O2. The van der Waals surface area contributed by atoms with Crippen molar-refractivity contribution in [2.45, 2.75) is 33.2 Å². The van der Waals surface area contributed by atoms with Crippen LogP contribution in [-0.2, 0) is 0 Å². The van der Waals surface area contributed by atoms with Crippen molar-refractivity contribution in [2.24, 2.45) is 0 Å². The summed E-state index contributed by atoms with van der Waals surface area (Å²) >= 11 is 0. The van der Waals surface area contributed by atoms with Crippen LogP contribution in [0.15, 0.2) is 36.5 Å². The van der Waals surface area contributed by atoms with Gasteiger partial charge in [-0.05, 0) is 58.0 Å². The van der Waals surface area contributed by atoms with Crippen molar-refractivity contribution < 1.29 is 9.59 Å². The van der Waals surface area contributed by atoms with Crippen molar-refractivity contribution in [3.63, 3.8) is 0 Å². The minimum atomic E-state index is -0.443. The molecule has 0 radical (unpaired) electrons. The molecule has 0 aliphatic heterocycles. The number of nitrogens with zero attached hydrogens (tertiary/aromatic N) is 4. The summed E-state index contributed by atoms with van der Waals surface area (Å²) in [4.78, 5) is 32.7. The van der Waals surface area contributed by atoms with Crippen LogP contribution in [0.3, 0.4) is 0 Å². The molecule has 0 aliphatic carbocycles. The molecule has 0 spiro atoms. The third-order valence-electron chi connectivity index (χ3n) is 3.53. The van der Waals surface area contributed by atoms with Crippen molar-refractivity contribution >= 4 is 23.3 Å². The number of aromatic nitrogens is 4. The molecular weight excluding hydrogens is 332 g/mol. The number of carbonyl (C=O) groups excluding carboxylic acids is 2. The molecule has 8 nitrogen and oxygen atoms in total. The SMILES string of the molecule is Cc1ccnc2nc(C(=O)Nc3ccc(C(=O)NC(C)(C)C)cc3)nn12. The van der Waals surface area contributed by atoms with Gasteiger partial charge >= 0.3 is 0 Å². The predicted molar refractivity (Wildman–Crippen MR) is 97.1 cm³/mol. The van der Waals surface area contributed by atoms with E-state index >= 15 is 0 Å².